The number of nitrogens with one attached hydrogen (secondary N) is 2. The van der Waals surface area contributed by atoms with Crippen LogP contribution in [0.15, 0.2) is 24.4 Å². The van der Waals surface area contributed by atoms with Crippen LogP contribution >= 0.6 is 0 Å². The number of aliphatic hydroxyl groups excluding tert-OH is 1. The summed E-state index contributed by atoms with van der Waals surface area (Å²) in [6, 6.07) is 4.70. The van der Waals surface area contributed by atoms with E-state index in [0.717, 1.165) is 35.9 Å². The maximum Gasteiger partial charge on any atom is 0.125 e. The standard InChI is InChI=1S/C13H15FN2O/c14-8-3-4-9-10(7-16-12(9)6-8)13(17)11-2-1-5-15-11/h3-4,6-7,11,13,15-17H,1-2,5H2. The van der Waals surface area contributed by atoms with E-state index >= 15 is 0 Å². The van der Waals surface area contributed by atoms with E-state index in [-0.39, 0.29) is 11.9 Å². The molecule has 0 saturated carbocycles. The lowest BCUT2D eigenvalue weighted by atomic mass is 10.0. The maximum atomic E-state index is 13.1. The maximum absolute atomic E-state index is 13.1. The molecule has 1 aliphatic rings. The highest BCUT2D eigenvalue weighted by Gasteiger charge is 2.25. The van der Waals surface area contributed by atoms with Crippen molar-refractivity contribution in [3.05, 3.63) is 35.8 Å². The Balaban J connectivity index is 1.99. The molecule has 3 N–H and O–H groups in total. The molecule has 90 valence electrons. The molecule has 0 bridgehead atoms. The normalized spacial score (nSPS) is 22.1. The molecule has 2 unspecified atom stereocenters. The molecule has 0 spiro atoms. The van der Waals surface area contributed by atoms with E-state index in [1.54, 1.807) is 12.3 Å². The van der Waals surface area contributed by atoms with Crippen LogP contribution in [0, 0.1) is 5.82 Å². The summed E-state index contributed by atoms with van der Waals surface area (Å²) in [6.45, 7) is 0.957. The lowest BCUT2D eigenvalue weighted by Gasteiger charge is -2.17. The fourth-order valence-corrected chi connectivity index (χ4v) is 2.56. The Hall–Kier alpha value is -1.39. The van der Waals surface area contributed by atoms with Gasteiger partial charge in [-0.1, -0.05) is 0 Å². The Morgan fingerprint density at radius 3 is 3.06 bits per heavy atom. The summed E-state index contributed by atoms with van der Waals surface area (Å²) >= 11 is 0. The SMILES string of the molecule is OC(c1c[nH]c2cc(F)ccc12)C1CCCN1. The number of aliphatic hydroxyl groups is 1. The minimum Gasteiger partial charge on any atom is -0.387 e. The second kappa shape index (κ2) is 4.13. The van der Waals surface area contributed by atoms with Gasteiger partial charge in [-0.2, -0.15) is 0 Å². The first-order chi connectivity index (χ1) is 8.25. The van der Waals surface area contributed by atoms with E-state index in [9.17, 15) is 9.50 Å². The lowest BCUT2D eigenvalue weighted by molar-refractivity contribution is 0.139. The predicted molar refractivity (Wildman–Crippen MR) is 64.2 cm³/mol. The fraction of sp³-hybridized carbons (Fsp3) is 0.385. The predicted octanol–water partition coefficient (Wildman–Crippen LogP) is 2.09. The van der Waals surface area contributed by atoms with Crippen LogP contribution < -0.4 is 5.32 Å². The van der Waals surface area contributed by atoms with Crippen molar-refractivity contribution in [1.29, 1.82) is 0 Å². The van der Waals surface area contributed by atoms with Gasteiger partial charge in [0.05, 0.1) is 6.10 Å². The third-order valence-corrected chi connectivity index (χ3v) is 3.47. The van der Waals surface area contributed by atoms with Crippen LogP contribution in [0.2, 0.25) is 0 Å². The molecule has 2 aromatic rings. The van der Waals surface area contributed by atoms with Gasteiger partial charge in [0, 0.05) is 28.7 Å². The number of aromatic nitrogens is 1. The van der Waals surface area contributed by atoms with Gasteiger partial charge in [0.25, 0.3) is 0 Å². The first kappa shape index (κ1) is 10.7. The average Bonchev–Trinajstić information content (AvgIpc) is 2.96. The van der Waals surface area contributed by atoms with Crippen LogP contribution in [-0.2, 0) is 0 Å². The van der Waals surface area contributed by atoms with Gasteiger partial charge >= 0.3 is 0 Å². The van der Waals surface area contributed by atoms with Crippen molar-refractivity contribution < 1.29 is 9.50 Å². The number of rotatable bonds is 2. The average molecular weight is 234 g/mol. The molecule has 1 aliphatic heterocycles. The highest BCUT2D eigenvalue weighted by Crippen LogP contribution is 2.29. The summed E-state index contributed by atoms with van der Waals surface area (Å²) < 4.78 is 13.1. The monoisotopic (exact) mass is 234 g/mol. The molecule has 1 fully saturated rings. The first-order valence-electron chi connectivity index (χ1n) is 5.94. The van der Waals surface area contributed by atoms with Gasteiger partial charge in [-0.3, -0.25) is 0 Å². The van der Waals surface area contributed by atoms with Gasteiger partial charge in [-0.05, 0) is 37.6 Å². The van der Waals surface area contributed by atoms with Gasteiger partial charge in [0.15, 0.2) is 0 Å². The Morgan fingerprint density at radius 2 is 2.29 bits per heavy atom. The Labute approximate surface area is 98.7 Å². The molecule has 3 nitrogen and oxygen atoms in total. The largest absolute Gasteiger partial charge is 0.387 e. The third-order valence-electron chi connectivity index (χ3n) is 3.47. The molecule has 1 aromatic heterocycles. The number of hydrogen-bond acceptors (Lipinski definition) is 2. The van der Waals surface area contributed by atoms with Crippen LogP contribution in [0.25, 0.3) is 10.9 Å². The van der Waals surface area contributed by atoms with Crippen molar-refractivity contribution in [2.75, 3.05) is 6.54 Å². The molecule has 1 aromatic carbocycles. The zero-order valence-electron chi connectivity index (χ0n) is 9.41. The lowest BCUT2D eigenvalue weighted by Crippen LogP contribution is -2.28. The second-order valence-electron chi connectivity index (χ2n) is 4.58. The number of fused-ring (bicyclic) bond motifs is 1. The van der Waals surface area contributed by atoms with Crippen LogP contribution in [0.1, 0.15) is 24.5 Å². The topological polar surface area (TPSA) is 48.0 Å². The van der Waals surface area contributed by atoms with Gasteiger partial charge < -0.3 is 15.4 Å². The summed E-state index contributed by atoms with van der Waals surface area (Å²) in [5.41, 5.74) is 1.58. The first-order valence-corrected chi connectivity index (χ1v) is 5.94. The molecule has 2 atom stereocenters. The van der Waals surface area contributed by atoms with E-state index in [0.29, 0.717) is 0 Å². The molecular weight excluding hydrogens is 219 g/mol. The zero-order valence-corrected chi connectivity index (χ0v) is 9.41. The molecule has 0 aliphatic carbocycles. The van der Waals surface area contributed by atoms with E-state index in [1.807, 2.05) is 0 Å². The number of aromatic amines is 1. The van der Waals surface area contributed by atoms with Gasteiger partial charge in [0.2, 0.25) is 0 Å². The van der Waals surface area contributed by atoms with Crippen molar-refractivity contribution in [3.8, 4) is 0 Å². The minimum atomic E-state index is -0.531. The van der Waals surface area contributed by atoms with Crippen LogP contribution in [0.4, 0.5) is 4.39 Å². The van der Waals surface area contributed by atoms with Crippen molar-refractivity contribution in [2.24, 2.45) is 0 Å². The van der Waals surface area contributed by atoms with Crippen molar-refractivity contribution in [1.82, 2.24) is 10.3 Å². The van der Waals surface area contributed by atoms with Gasteiger partial charge in [-0.25, -0.2) is 4.39 Å². The van der Waals surface area contributed by atoms with Crippen LogP contribution in [-0.4, -0.2) is 22.7 Å². The van der Waals surface area contributed by atoms with Gasteiger partial charge in [-0.15, -0.1) is 0 Å². The molecule has 0 amide bonds. The van der Waals surface area contributed by atoms with Crippen molar-refractivity contribution >= 4 is 10.9 Å². The molecule has 4 heteroatoms. The zero-order chi connectivity index (χ0) is 11.8. The highest BCUT2D eigenvalue weighted by molar-refractivity contribution is 5.83. The number of benzene rings is 1. The van der Waals surface area contributed by atoms with E-state index < -0.39 is 6.10 Å². The Kier molecular flexibility index (Phi) is 2.61. The molecule has 17 heavy (non-hydrogen) atoms. The summed E-state index contributed by atoms with van der Waals surface area (Å²) in [5.74, 6) is -0.264. The van der Waals surface area contributed by atoms with E-state index in [1.165, 1.54) is 12.1 Å². The molecule has 1 saturated heterocycles. The van der Waals surface area contributed by atoms with Gasteiger partial charge in [0.1, 0.15) is 5.82 Å². The fourth-order valence-electron chi connectivity index (χ4n) is 2.56. The molecule has 3 rings (SSSR count). The summed E-state index contributed by atoms with van der Waals surface area (Å²) in [5, 5.41) is 14.5. The minimum absolute atomic E-state index is 0.110. The molecular formula is C13H15FN2O. The van der Waals surface area contributed by atoms with Crippen LogP contribution in [0.3, 0.4) is 0 Å². The second-order valence-corrected chi connectivity index (χ2v) is 4.58. The van der Waals surface area contributed by atoms with Crippen molar-refractivity contribution in [2.45, 2.75) is 25.0 Å². The van der Waals surface area contributed by atoms with Crippen LogP contribution in [0.5, 0.6) is 0 Å². The van der Waals surface area contributed by atoms with E-state index in [2.05, 4.69) is 10.3 Å². The number of H-pyrrole nitrogens is 1. The Morgan fingerprint density at radius 1 is 1.41 bits per heavy atom. The molecule has 2 heterocycles. The highest BCUT2D eigenvalue weighted by atomic mass is 19.1. The summed E-state index contributed by atoms with van der Waals surface area (Å²) in [7, 11) is 0. The smallest absolute Gasteiger partial charge is 0.125 e. The number of hydrogen-bond donors (Lipinski definition) is 3. The summed E-state index contributed by atoms with van der Waals surface area (Å²) in [4.78, 5) is 3.01. The Bertz CT molecular complexity index is 531. The van der Waals surface area contributed by atoms with Crippen molar-refractivity contribution in [3.63, 3.8) is 0 Å². The quantitative estimate of drug-likeness (QED) is 0.745. The third kappa shape index (κ3) is 1.83. The number of halogens is 1. The van der Waals surface area contributed by atoms with E-state index in [4.69, 9.17) is 0 Å². The summed E-state index contributed by atoms with van der Waals surface area (Å²) in [6.07, 6.45) is 3.32. The molecule has 0 radical (unpaired) electrons.